The molecule has 0 fully saturated rings. The second kappa shape index (κ2) is 12.7. The Morgan fingerprint density at radius 2 is 1.50 bits per heavy atom. The molecule has 0 radical (unpaired) electrons. The van der Waals surface area contributed by atoms with Gasteiger partial charge in [0.05, 0.1) is 21.7 Å². The van der Waals surface area contributed by atoms with E-state index < -0.39 is 16.8 Å². The van der Waals surface area contributed by atoms with Crippen LogP contribution in [-0.4, -0.2) is 28.9 Å². The van der Waals surface area contributed by atoms with Crippen LogP contribution in [0.2, 0.25) is 10.0 Å². The quantitative estimate of drug-likeness (QED) is 0.0848. The Kier molecular flexibility index (Phi) is 8.85. The number of benzene rings is 4. The largest absolute Gasteiger partial charge is 0.422 e. The molecule has 0 aromatic heterocycles. The zero-order valence-electron chi connectivity index (χ0n) is 20.3. The molecule has 200 valence electrons. The van der Waals surface area contributed by atoms with Crippen molar-refractivity contribution < 1.29 is 24.0 Å². The third kappa shape index (κ3) is 7.07. The smallest absolute Gasteiger partial charge is 0.345 e. The summed E-state index contributed by atoms with van der Waals surface area (Å²) in [6, 6.07) is 22.2. The summed E-state index contributed by atoms with van der Waals surface area (Å²) in [5, 5.41) is 18.5. The SMILES string of the molecule is O=C(N/N=C/c1cc([N+](=O)[O-])ccc1OC(=O)c1ccccc1Cl)c1ccc(NC(=O)c2ccc(Cl)cc2)cc1. The summed E-state index contributed by atoms with van der Waals surface area (Å²) in [5.74, 6) is -1.75. The zero-order valence-corrected chi connectivity index (χ0v) is 21.8. The molecule has 0 saturated carbocycles. The summed E-state index contributed by atoms with van der Waals surface area (Å²) < 4.78 is 5.38. The normalized spacial score (nSPS) is 10.7. The fraction of sp³-hybridized carbons (Fsp3) is 0. The van der Waals surface area contributed by atoms with E-state index in [9.17, 15) is 24.5 Å². The lowest BCUT2D eigenvalue weighted by molar-refractivity contribution is -0.384. The molecule has 2 amide bonds. The summed E-state index contributed by atoms with van der Waals surface area (Å²) >= 11 is 11.9. The molecule has 0 heterocycles. The van der Waals surface area contributed by atoms with E-state index in [2.05, 4.69) is 15.8 Å². The molecule has 12 heteroatoms. The Morgan fingerprint density at radius 1 is 0.850 bits per heavy atom. The molecule has 0 saturated heterocycles. The van der Waals surface area contributed by atoms with E-state index in [0.29, 0.717) is 16.3 Å². The topological polar surface area (TPSA) is 140 Å². The molecule has 4 rings (SSSR count). The number of carbonyl (C=O) groups excluding carboxylic acids is 3. The first kappa shape index (κ1) is 28.0. The molecule has 10 nitrogen and oxygen atoms in total. The number of nitrogens with zero attached hydrogens (tertiary/aromatic N) is 2. The van der Waals surface area contributed by atoms with Crippen LogP contribution in [0, 0.1) is 10.1 Å². The van der Waals surface area contributed by atoms with Gasteiger partial charge in [-0.05, 0) is 66.7 Å². The number of carbonyl (C=O) groups is 3. The standard InChI is InChI=1S/C28H18Cl2N4O6/c29-20-9-5-17(6-10-20)26(35)32-21-11-7-18(8-12-21)27(36)33-31-16-19-15-22(34(38)39)13-14-25(19)40-28(37)23-3-1-2-4-24(23)30/h1-16H,(H,32,35)(H,33,36)/b31-16+. The van der Waals surface area contributed by atoms with Gasteiger partial charge in [-0.2, -0.15) is 5.10 Å². The van der Waals surface area contributed by atoms with Gasteiger partial charge in [-0.3, -0.25) is 19.7 Å². The Hall–Kier alpha value is -5.06. The highest BCUT2D eigenvalue weighted by molar-refractivity contribution is 6.33. The average molecular weight is 577 g/mol. The predicted octanol–water partition coefficient (Wildman–Crippen LogP) is 6.14. The van der Waals surface area contributed by atoms with E-state index >= 15 is 0 Å². The molecule has 0 bridgehead atoms. The minimum Gasteiger partial charge on any atom is -0.422 e. The fourth-order valence-electron chi connectivity index (χ4n) is 3.36. The lowest BCUT2D eigenvalue weighted by Gasteiger charge is -2.08. The second-order valence-corrected chi connectivity index (χ2v) is 8.93. The van der Waals surface area contributed by atoms with Gasteiger partial charge in [-0.15, -0.1) is 0 Å². The molecular formula is C28H18Cl2N4O6. The molecule has 0 atom stereocenters. The third-order valence-electron chi connectivity index (χ3n) is 5.38. The number of anilines is 1. The number of hydrogen-bond donors (Lipinski definition) is 2. The van der Waals surface area contributed by atoms with Crippen LogP contribution in [0.25, 0.3) is 0 Å². The monoisotopic (exact) mass is 576 g/mol. The van der Waals surface area contributed by atoms with E-state index in [0.717, 1.165) is 12.3 Å². The minimum absolute atomic E-state index is 0.0331. The number of rotatable bonds is 8. The summed E-state index contributed by atoms with van der Waals surface area (Å²) in [6.45, 7) is 0. The molecule has 4 aromatic rings. The van der Waals surface area contributed by atoms with Crippen molar-refractivity contribution >= 4 is 58.6 Å². The number of nitrogens with one attached hydrogen (secondary N) is 2. The summed E-state index contributed by atoms with van der Waals surface area (Å²) in [4.78, 5) is 48.1. The van der Waals surface area contributed by atoms with Crippen LogP contribution in [0.4, 0.5) is 11.4 Å². The Labute approximate surface area is 237 Å². The number of amides is 2. The van der Waals surface area contributed by atoms with E-state index in [4.69, 9.17) is 27.9 Å². The first-order valence-corrected chi connectivity index (χ1v) is 12.2. The molecule has 40 heavy (non-hydrogen) atoms. The number of hydrazone groups is 1. The van der Waals surface area contributed by atoms with Crippen LogP contribution in [0.3, 0.4) is 0 Å². The summed E-state index contributed by atoms with van der Waals surface area (Å²) in [7, 11) is 0. The van der Waals surface area contributed by atoms with Crippen molar-refractivity contribution in [3.05, 3.63) is 133 Å². The molecule has 0 aliphatic heterocycles. The molecule has 0 aliphatic rings. The van der Waals surface area contributed by atoms with Crippen LogP contribution < -0.4 is 15.5 Å². The van der Waals surface area contributed by atoms with Gasteiger partial charge in [-0.1, -0.05) is 35.3 Å². The van der Waals surface area contributed by atoms with Gasteiger partial charge in [0.15, 0.2) is 0 Å². The number of hydrogen-bond acceptors (Lipinski definition) is 7. The van der Waals surface area contributed by atoms with E-state index in [1.165, 1.54) is 36.4 Å². The zero-order chi connectivity index (χ0) is 28.6. The Morgan fingerprint density at radius 3 is 2.17 bits per heavy atom. The van der Waals surface area contributed by atoms with Crippen molar-refractivity contribution in [3.63, 3.8) is 0 Å². The van der Waals surface area contributed by atoms with E-state index in [-0.39, 0.29) is 39.1 Å². The van der Waals surface area contributed by atoms with Crippen LogP contribution in [0.1, 0.15) is 36.6 Å². The van der Waals surface area contributed by atoms with Crippen LogP contribution in [0.15, 0.2) is 96.1 Å². The molecule has 4 aromatic carbocycles. The van der Waals surface area contributed by atoms with Gasteiger partial charge in [0.2, 0.25) is 0 Å². The van der Waals surface area contributed by atoms with E-state index in [1.807, 2.05) is 0 Å². The highest BCUT2D eigenvalue weighted by Gasteiger charge is 2.17. The highest BCUT2D eigenvalue weighted by Crippen LogP contribution is 2.25. The molecule has 0 unspecified atom stereocenters. The Balaban J connectivity index is 1.43. The maximum absolute atomic E-state index is 12.6. The highest BCUT2D eigenvalue weighted by atomic mass is 35.5. The molecule has 2 N–H and O–H groups in total. The molecular weight excluding hydrogens is 559 g/mol. The second-order valence-electron chi connectivity index (χ2n) is 8.09. The summed E-state index contributed by atoms with van der Waals surface area (Å²) in [6.07, 6.45) is 1.11. The fourth-order valence-corrected chi connectivity index (χ4v) is 3.70. The van der Waals surface area contributed by atoms with Crippen molar-refractivity contribution in [2.75, 3.05) is 5.32 Å². The number of halogens is 2. The lowest BCUT2D eigenvalue weighted by atomic mass is 10.1. The van der Waals surface area contributed by atoms with Crippen LogP contribution >= 0.6 is 23.2 Å². The van der Waals surface area contributed by atoms with Crippen molar-refractivity contribution in [1.29, 1.82) is 0 Å². The van der Waals surface area contributed by atoms with Crippen molar-refractivity contribution in [2.24, 2.45) is 5.10 Å². The third-order valence-corrected chi connectivity index (χ3v) is 5.96. The first-order valence-electron chi connectivity index (χ1n) is 11.5. The first-order chi connectivity index (χ1) is 19.2. The maximum Gasteiger partial charge on any atom is 0.345 e. The Bertz CT molecular complexity index is 1620. The maximum atomic E-state index is 12.6. The predicted molar refractivity (Wildman–Crippen MR) is 150 cm³/mol. The number of nitro groups is 1. The number of esters is 1. The van der Waals surface area contributed by atoms with Gasteiger partial charge < -0.3 is 10.1 Å². The number of ether oxygens (including phenoxy) is 1. The molecule has 0 aliphatic carbocycles. The van der Waals surface area contributed by atoms with Gasteiger partial charge >= 0.3 is 5.97 Å². The van der Waals surface area contributed by atoms with Crippen molar-refractivity contribution in [2.45, 2.75) is 0 Å². The van der Waals surface area contributed by atoms with Crippen molar-refractivity contribution in [1.82, 2.24) is 5.43 Å². The van der Waals surface area contributed by atoms with Gasteiger partial charge in [0.1, 0.15) is 5.75 Å². The number of nitro benzene ring substituents is 1. The van der Waals surface area contributed by atoms with Gasteiger partial charge in [0, 0.05) is 39.5 Å². The van der Waals surface area contributed by atoms with Crippen LogP contribution in [-0.2, 0) is 0 Å². The number of non-ortho nitro benzene ring substituents is 1. The molecule has 0 spiro atoms. The summed E-state index contributed by atoms with van der Waals surface area (Å²) in [5.41, 5.74) is 3.30. The lowest BCUT2D eigenvalue weighted by Crippen LogP contribution is -2.18. The van der Waals surface area contributed by atoms with Gasteiger partial charge in [-0.25, -0.2) is 10.2 Å². The minimum atomic E-state index is -0.776. The van der Waals surface area contributed by atoms with E-state index in [1.54, 1.807) is 48.5 Å². The van der Waals surface area contributed by atoms with Gasteiger partial charge in [0.25, 0.3) is 17.5 Å². The van der Waals surface area contributed by atoms with Crippen LogP contribution in [0.5, 0.6) is 5.75 Å². The van der Waals surface area contributed by atoms with Crippen molar-refractivity contribution in [3.8, 4) is 5.75 Å². The average Bonchev–Trinajstić information content (AvgIpc) is 2.94.